The number of rotatable bonds is 4. The maximum absolute atomic E-state index is 4.27. The summed E-state index contributed by atoms with van der Waals surface area (Å²) in [6.07, 6.45) is 5.44. The van der Waals surface area contributed by atoms with Gasteiger partial charge in [-0.2, -0.15) is 0 Å². The lowest BCUT2D eigenvalue weighted by molar-refractivity contribution is 0.567. The Morgan fingerprint density at radius 2 is 1.94 bits per heavy atom. The Kier molecular flexibility index (Phi) is 3.62. The van der Waals surface area contributed by atoms with Crippen molar-refractivity contribution < 1.29 is 0 Å². The van der Waals surface area contributed by atoms with E-state index >= 15 is 0 Å². The first-order chi connectivity index (χ1) is 7.86. The molecule has 3 heteroatoms. The Morgan fingerprint density at radius 1 is 1.12 bits per heavy atom. The van der Waals surface area contributed by atoms with E-state index in [9.17, 15) is 0 Å². The molecule has 0 aromatic carbocycles. The minimum Gasteiger partial charge on any atom is -0.305 e. The second-order valence-corrected chi connectivity index (χ2v) is 3.70. The van der Waals surface area contributed by atoms with Gasteiger partial charge in [-0.1, -0.05) is 6.07 Å². The maximum atomic E-state index is 4.27. The first kappa shape index (κ1) is 10.8. The summed E-state index contributed by atoms with van der Waals surface area (Å²) >= 11 is 0. The summed E-state index contributed by atoms with van der Waals surface area (Å²) in [6.45, 7) is 2.92. The maximum Gasteiger partial charge on any atom is 0.0541 e. The Labute approximate surface area is 95.6 Å². The third-order valence-electron chi connectivity index (χ3n) is 2.52. The molecule has 2 rings (SSSR count). The van der Waals surface area contributed by atoms with E-state index in [0.717, 1.165) is 12.2 Å². The van der Waals surface area contributed by atoms with Crippen LogP contribution in [-0.4, -0.2) is 9.97 Å². The second kappa shape index (κ2) is 5.37. The summed E-state index contributed by atoms with van der Waals surface area (Å²) in [7, 11) is 0. The van der Waals surface area contributed by atoms with Crippen LogP contribution < -0.4 is 5.32 Å². The predicted octanol–water partition coefficient (Wildman–Crippen LogP) is 2.33. The molecule has 3 nitrogen and oxygen atoms in total. The van der Waals surface area contributed by atoms with Crippen LogP contribution in [0, 0.1) is 0 Å². The van der Waals surface area contributed by atoms with Gasteiger partial charge >= 0.3 is 0 Å². The van der Waals surface area contributed by atoms with Gasteiger partial charge in [-0.25, -0.2) is 0 Å². The van der Waals surface area contributed by atoms with Crippen LogP contribution in [0.1, 0.15) is 24.2 Å². The molecule has 0 aliphatic rings. The third kappa shape index (κ3) is 2.87. The number of pyridine rings is 2. The van der Waals surface area contributed by atoms with Crippen molar-refractivity contribution in [2.24, 2.45) is 0 Å². The average molecular weight is 213 g/mol. The zero-order valence-electron chi connectivity index (χ0n) is 9.30. The van der Waals surface area contributed by atoms with Gasteiger partial charge in [0.25, 0.3) is 0 Å². The molecule has 82 valence electrons. The summed E-state index contributed by atoms with van der Waals surface area (Å²) in [5.74, 6) is 0. The Balaban J connectivity index is 1.92. The van der Waals surface area contributed by atoms with Crippen molar-refractivity contribution in [3.8, 4) is 0 Å². The molecule has 0 aliphatic heterocycles. The molecule has 0 radical (unpaired) electrons. The second-order valence-electron chi connectivity index (χ2n) is 3.70. The highest BCUT2D eigenvalue weighted by Crippen LogP contribution is 2.10. The monoisotopic (exact) mass is 213 g/mol. The summed E-state index contributed by atoms with van der Waals surface area (Å²) in [4.78, 5) is 8.28. The van der Waals surface area contributed by atoms with Gasteiger partial charge in [0.05, 0.1) is 5.69 Å². The Morgan fingerprint density at radius 3 is 2.62 bits per heavy atom. The van der Waals surface area contributed by atoms with E-state index in [4.69, 9.17) is 0 Å². The molecule has 2 aromatic heterocycles. The molecule has 1 atom stereocenters. The lowest BCUT2D eigenvalue weighted by Crippen LogP contribution is -2.18. The minimum absolute atomic E-state index is 0.310. The zero-order chi connectivity index (χ0) is 11.2. The SMILES string of the molecule is C[C@@H](NCc1ccccn1)c1ccncc1. The topological polar surface area (TPSA) is 37.8 Å². The van der Waals surface area contributed by atoms with E-state index in [1.165, 1.54) is 5.56 Å². The number of hydrogen-bond donors (Lipinski definition) is 1. The van der Waals surface area contributed by atoms with Crippen molar-refractivity contribution in [3.05, 3.63) is 60.2 Å². The summed E-state index contributed by atoms with van der Waals surface area (Å²) in [5, 5.41) is 3.42. The lowest BCUT2D eigenvalue weighted by atomic mass is 10.1. The Hall–Kier alpha value is -1.74. The molecule has 0 bridgehead atoms. The molecule has 0 spiro atoms. The fraction of sp³-hybridized carbons (Fsp3) is 0.231. The zero-order valence-corrected chi connectivity index (χ0v) is 9.30. The normalized spacial score (nSPS) is 12.3. The first-order valence-corrected chi connectivity index (χ1v) is 5.39. The van der Waals surface area contributed by atoms with E-state index in [2.05, 4.69) is 22.2 Å². The van der Waals surface area contributed by atoms with Crippen molar-refractivity contribution in [1.82, 2.24) is 15.3 Å². The van der Waals surface area contributed by atoms with Crippen LogP contribution in [0.3, 0.4) is 0 Å². The lowest BCUT2D eigenvalue weighted by Gasteiger charge is -2.13. The highest BCUT2D eigenvalue weighted by molar-refractivity contribution is 5.14. The number of hydrogen-bond acceptors (Lipinski definition) is 3. The van der Waals surface area contributed by atoms with Crippen LogP contribution >= 0.6 is 0 Å². The fourth-order valence-corrected chi connectivity index (χ4v) is 1.53. The van der Waals surface area contributed by atoms with Crippen molar-refractivity contribution in [2.45, 2.75) is 19.5 Å². The molecule has 0 saturated carbocycles. The summed E-state index contributed by atoms with van der Waals surface area (Å²) in [5.41, 5.74) is 2.30. The molecule has 1 N–H and O–H groups in total. The number of nitrogens with zero attached hydrogens (tertiary/aromatic N) is 2. The molecule has 16 heavy (non-hydrogen) atoms. The number of aromatic nitrogens is 2. The molecule has 0 amide bonds. The van der Waals surface area contributed by atoms with Crippen LogP contribution in [0.2, 0.25) is 0 Å². The van der Waals surface area contributed by atoms with E-state index in [0.29, 0.717) is 6.04 Å². The van der Waals surface area contributed by atoms with Gasteiger partial charge in [-0.3, -0.25) is 9.97 Å². The van der Waals surface area contributed by atoms with Gasteiger partial charge in [-0.15, -0.1) is 0 Å². The van der Waals surface area contributed by atoms with Crippen LogP contribution in [0.15, 0.2) is 48.9 Å². The van der Waals surface area contributed by atoms with Gasteiger partial charge in [0.15, 0.2) is 0 Å². The standard InChI is InChI=1S/C13H15N3/c1-11(12-5-8-14-9-6-12)16-10-13-4-2-3-7-15-13/h2-9,11,16H,10H2,1H3/t11-/m1/s1. The highest BCUT2D eigenvalue weighted by Gasteiger charge is 2.03. The molecule has 0 aliphatic carbocycles. The van der Waals surface area contributed by atoms with Crippen molar-refractivity contribution in [1.29, 1.82) is 0 Å². The molecular formula is C13H15N3. The molecule has 2 heterocycles. The van der Waals surface area contributed by atoms with Crippen molar-refractivity contribution in [2.75, 3.05) is 0 Å². The van der Waals surface area contributed by atoms with E-state index < -0.39 is 0 Å². The van der Waals surface area contributed by atoms with Gasteiger partial charge in [0.2, 0.25) is 0 Å². The highest BCUT2D eigenvalue weighted by atomic mass is 14.9. The first-order valence-electron chi connectivity index (χ1n) is 5.39. The average Bonchev–Trinajstić information content (AvgIpc) is 2.38. The van der Waals surface area contributed by atoms with Gasteiger partial charge < -0.3 is 5.32 Å². The third-order valence-corrected chi connectivity index (χ3v) is 2.52. The molecule has 0 unspecified atom stereocenters. The van der Waals surface area contributed by atoms with Gasteiger partial charge in [0, 0.05) is 31.2 Å². The van der Waals surface area contributed by atoms with Crippen molar-refractivity contribution >= 4 is 0 Å². The van der Waals surface area contributed by atoms with E-state index in [1.807, 2.05) is 48.9 Å². The van der Waals surface area contributed by atoms with Gasteiger partial charge in [-0.05, 0) is 36.8 Å². The number of nitrogens with one attached hydrogen (secondary N) is 1. The van der Waals surface area contributed by atoms with Crippen molar-refractivity contribution in [3.63, 3.8) is 0 Å². The summed E-state index contributed by atoms with van der Waals surface area (Å²) < 4.78 is 0. The van der Waals surface area contributed by atoms with Crippen LogP contribution in [0.25, 0.3) is 0 Å². The van der Waals surface area contributed by atoms with Crippen LogP contribution in [0.5, 0.6) is 0 Å². The summed E-state index contributed by atoms with van der Waals surface area (Å²) in [6, 6.07) is 10.3. The Bertz CT molecular complexity index is 414. The fourth-order valence-electron chi connectivity index (χ4n) is 1.53. The largest absolute Gasteiger partial charge is 0.305 e. The predicted molar refractivity (Wildman–Crippen MR) is 63.7 cm³/mol. The molecule has 2 aromatic rings. The molecule has 0 saturated heterocycles. The van der Waals surface area contributed by atoms with Crippen LogP contribution in [0.4, 0.5) is 0 Å². The quantitative estimate of drug-likeness (QED) is 0.847. The molecular weight excluding hydrogens is 198 g/mol. The minimum atomic E-state index is 0.310. The van der Waals surface area contributed by atoms with E-state index in [1.54, 1.807) is 0 Å². The molecule has 0 fully saturated rings. The van der Waals surface area contributed by atoms with Gasteiger partial charge in [0.1, 0.15) is 0 Å². The van der Waals surface area contributed by atoms with Crippen LogP contribution in [-0.2, 0) is 6.54 Å². The van der Waals surface area contributed by atoms with E-state index in [-0.39, 0.29) is 0 Å². The smallest absolute Gasteiger partial charge is 0.0541 e.